The van der Waals surface area contributed by atoms with Gasteiger partial charge in [-0.1, -0.05) is 0 Å². The molecule has 12 heavy (non-hydrogen) atoms. The third kappa shape index (κ3) is 2.53. The van der Waals surface area contributed by atoms with Crippen molar-refractivity contribution in [3.8, 4) is 5.88 Å². The molecule has 0 fully saturated rings. The Kier molecular flexibility index (Phi) is 2.57. The molecule has 64 valence electrons. The molecule has 0 amide bonds. The number of rotatable bonds is 3. The summed E-state index contributed by atoms with van der Waals surface area (Å²) in [7, 11) is 0. The van der Waals surface area contributed by atoms with Gasteiger partial charge in [-0.25, -0.2) is 14.2 Å². The number of carboxylic acids is 1. The highest BCUT2D eigenvalue weighted by atomic mass is 19.1. The number of halogens is 1. The number of hydrogen-bond donors (Lipinski definition) is 1. The molecule has 0 aliphatic carbocycles. The van der Waals surface area contributed by atoms with Crippen LogP contribution in [0.3, 0.4) is 0 Å². The third-order valence-corrected chi connectivity index (χ3v) is 1.04. The highest BCUT2D eigenvalue weighted by Gasteiger charge is 1.99. The molecule has 0 unspecified atom stereocenters. The van der Waals surface area contributed by atoms with Crippen LogP contribution in [-0.4, -0.2) is 22.7 Å². The summed E-state index contributed by atoms with van der Waals surface area (Å²) >= 11 is 0. The predicted octanol–water partition coefficient (Wildman–Crippen LogP) is 0.684. The minimum atomic E-state index is -1.10. The van der Waals surface area contributed by atoms with Crippen molar-refractivity contribution in [2.45, 2.75) is 0 Å². The van der Waals surface area contributed by atoms with Gasteiger partial charge in [0.15, 0.2) is 6.61 Å². The van der Waals surface area contributed by atoms with E-state index in [1.807, 2.05) is 0 Å². The van der Waals surface area contributed by atoms with Crippen LogP contribution in [0.25, 0.3) is 0 Å². The van der Waals surface area contributed by atoms with Crippen LogP contribution in [0.1, 0.15) is 0 Å². The van der Waals surface area contributed by atoms with Crippen molar-refractivity contribution in [1.29, 1.82) is 0 Å². The number of nitrogens with zero attached hydrogens (tertiary/aromatic N) is 1. The van der Waals surface area contributed by atoms with Crippen LogP contribution in [0.4, 0.5) is 4.39 Å². The molecular formula is C7H6FNO3. The van der Waals surface area contributed by atoms with Crippen LogP contribution in [-0.2, 0) is 4.79 Å². The molecule has 0 atom stereocenters. The Morgan fingerprint density at radius 1 is 1.67 bits per heavy atom. The number of hydrogen-bond acceptors (Lipinski definition) is 3. The van der Waals surface area contributed by atoms with Crippen molar-refractivity contribution >= 4 is 5.97 Å². The fourth-order valence-electron chi connectivity index (χ4n) is 0.583. The summed E-state index contributed by atoms with van der Waals surface area (Å²) in [5, 5.41) is 8.20. The number of carbonyl (C=O) groups is 1. The second kappa shape index (κ2) is 3.66. The summed E-state index contributed by atoms with van der Waals surface area (Å²) in [5.41, 5.74) is 0. The van der Waals surface area contributed by atoms with Crippen molar-refractivity contribution in [3.05, 3.63) is 24.1 Å². The van der Waals surface area contributed by atoms with Crippen LogP contribution in [0.2, 0.25) is 0 Å². The van der Waals surface area contributed by atoms with E-state index in [4.69, 9.17) is 5.11 Å². The minimum Gasteiger partial charge on any atom is -0.479 e. The SMILES string of the molecule is O=C(O)COc1ccc(F)cn1. The van der Waals surface area contributed by atoms with E-state index in [0.717, 1.165) is 12.3 Å². The molecule has 0 saturated carbocycles. The fraction of sp³-hybridized carbons (Fsp3) is 0.143. The minimum absolute atomic E-state index is 0.0961. The number of carboxylic acid groups (broad SMARTS) is 1. The maximum atomic E-state index is 12.3. The van der Waals surface area contributed by atoms with Crippen molar-refractivity contribution in [1.82, 2.24) is 4.98 Å². The second-order valence-electron chi connectivity index (χ2n) is 2.00. The quantitative estimate of drug-likeness (QED) is 0.726. The van der Waals surface area contributed by atoms with E-state index < -0.39 is 18.4 Å². The average molecular weight is 171 g/mol. The van der Waals surface area contributed by atoms with E-state index in [9.17, 15) is 9.18 Å². The zero-order valence-electron chi connectivity index (χ0n) is 6.03. The van der Waals surface area contributed by atoms with E-state index in [1.165, 1.54) is 6.07 Å². The number of pyridine rings is 1. The van der Waals surface area contributed by atoms with Gasteiger partial charge in [-0.3, -0.25) is 0 Å². The Bertz CT molecular complexity index is 272. The molecule has 0 aliphatic heterocycles. The zero-order valence-corrected chi connectivity index (χ0v) is 6.03. The molecule has 0 bridgehead atoms. The molecule has 0 spiro atoms. The standard InChI is InChI=1S/C7H6FNO3/c8-5-1-2-6(9-3-5)12-4-7(10)11/h1-3H,4H2,(H,10,11). The molecule has 0 radical (unpaired) electrons. The van der Waals surface area contributed by atoms with Crippen LogP contribution < -0.4 is 4.74 Å². The van der Waals surface area contributed by atoms with Gasteiger partial charge in [-0.2, -0.15) is 0 Å². The van der Waals surface area contributed by atoms with Crippen molar-refractivity contribution in [3.63, 3.8) is 0 Å². The van der Waals surface area contributed by atoms with Gasteiger partial charge in [-0.15, -0.1) is 0 Å². The zero-order chi connectivity index (χ0) is 8.97. The second-order valence-corrected chi connectivity index (χ2v) is 2.00. The maximum Gasteiger partial charge on any atom is 0.341 e. The maximum absolute atomic E-state index is 12.3. The van der Waals surface area contributed by atoms with Crippen molar-refractivity contribution < 1.29 is 19.0 Å². The molecule has 0 aromatic carbocycles. The highest BCUT2D eigenvalue weighted by Crippen LogP contribution is 2.05. The molecule has 1 aromatic heterocycles. The molecule has 0 aliphatic rings. The van der Waals surface area contributed by atoms with Crippen molar-refractivity contribution in [2.75, 3.05) is 6.61 Å². The number of aliphatic carboxylic acids is 1. The fourth-order valence-corrected chi connectivity index (χ4v) is 0.583. The van der Waals surface area contributed by atoms with Gasteiger partial charge in [0.2, 0.25) is 5.88 Å². The molecule has 5 heteroatoms. The Balaban J connectivity index is 2.53. The van der Waals surface area contributed by atoms with Crippen LogP contribution in [0.15, 0.2) is 18.3 Å². The van der Waals surface area contributed by atoms with Gasteiger partial charge >= 0.3 is 5.97 Å². The molecular weight excluding hydrogens is 165 g/mol. The summed E-state index contributed by atoms with van der Waals surface area (Å²) in [5.74, 6) is -1.49. The van der Waals surface area contributed by atoms with E-state index in [0.29, 0.717) is 0 Å². The van der Waals surface area contributed by atoms with Crippen LogP contribution >= 0.6 is 0 Å². The third-order valence-electron chi connectivity index (χ3n) is 1.04. The number of ether oxygens (including phenoxy) is 1. The van der Waals surface area contributed by atoms with Crippen molar-refractivity contribution in [2.24, 2.45) is 0 Å². The monoisotopic (exact) mass is 171 g/mol. The smallest absolute Gasteiger partial charge is 0.341 e. The van der Waals surface area contributed by atoms with Gasteiger partial charge in [0.05, 0.1) is 6.20 Å². The van der Waals surface area contributed by atoms with E-state index >= 15 is 0 Å². The molecule has 1 aromatic rings. The number of aromatic nitrogens is 1. The first kappa shape index (κ1) is 8.45. The van der Waals surface area contributed by atoms with Crippen LogP contribution in [0, 0.1) is 5.82 Å². The first-order chi connectivity index (χ1) is 5.68. The van der Waals surface area contributed by atoms with E-state index in [1.54, 1.807) is 0 Å². The Hall–Kier alpha value is -1.65. The largest absolute Gasteiger partial charge is 0.479 e. The summed E-state index contributed by atoms with van der Waals surface area (Å²) in [6, 6.07) is 2.41. The first-order valence-corrected chi connectivity index (χ1v) is 3.14. The Morgan fingerprint density at radius 2 is 2.42 bits per heavy atom. The van der Waals surface area contributed by atoms with Crippen LogP contribution in [0.5, 0.6) is 5.88 Å². The molecule has 1 rings (SSSR count). The topological polar surface area (TPSA) is 59.4 Å². The molecule has 4 nitrogen and oxygen atoms in total. The van der Waals surface area contributed by atoms with Gasteiger partial charge < -0.3 is 9.84 Å². The lowest BCUT2D eigenvalue weighted by Crippen LogP contribution is -2.10. The average Bonchev–Trinajstić information content (AvgIpc) is 2.03. The normalized spacial score (nSPS) is 9.42. The summed E-state index contributed by atoms with van der Waals surface area (Å²) < 4.78 is 16.9. The molecule has 0 saturated heterocycles. The summed E-state index contributed by atoms with van der Waals surface area (Å²) in [4.78, 5) is 13.5. The lowest BCUT2D eigenvalue weighted by Gasteiger charge is -1.99. The molecule has 1 N–H and O–H groups in total. The van der Waals surface area contributed by atoms with E-state index in [2.05, 4.69) is 9.72 Å². The van der Waals surface area contributed by atoms with E-state index in [-0.39, 0.29) is 5.88 Å². The Morgan fingerprint density at radius 3 is 2.92 bits per heavy atom. The lowest BCUT2D eigenvalue weighted by molar-refractivity contribution is -0.139. The van der Waals surface area contributed by atoms with Gasteiger partial charge in [0.25, 0.3) is 0 Å². The van der Waals surface area contributed by atoms with Gasteiger partial charge in [0.1, 0.15) is 5.82 Å². The van der Waals surface area contributed by atoms with Gasteiger partial charge in [-0.05, 0) is 6.07 Å². The summed E-state index contributed by atoms with van der Waals surface area (Å²) in [6.45, 7) is -0.474. The molecule has 1 heterocycles. The van der Waals surface area contributed by atoms with Gasteiger partial charge in [0, 0.05) is 6.07 Å². The predicted molar refractivity (Wildman–Crippen MR) is 37.3 cm³/mol. The first-order valence-electron chi connectivity index (χ1n) is 3.14. The summed E-state index contributed by atoms with van der Waals surface area (Å²) in [6.07, 6.45) is 0.956. The Labute approximate surface area is 67.6 Å². The highest BCUT2D eigenvalue weighted by molar-refractivity contribution is 5.68. The lowest BCUT2D eigenvalue weighted by atomic mass is 10.5.